The molecule has 5 nitrogen and oxygen atoms in total. The zero-order valence-corrected chi connectivity index (χ0v) is 11.2. The summed E-state index contributed by atoms with van der Waals surface area (Å²) in [5, 5.41) is 3.08. The summed E-state index contributed by atoms with van der Waals surface area (Å²) in [6, 6.07) is 5.89. The monoisotopic (exact) mass is 262 g/mol. The predicted octanol–water partition coefficient (Wildman–Crippen LogP) is 0.955. The van der Waals surface area contributed by atoms with Gasteiger partial charge in [-0.1, -0.05) is 6.07 Å². The molecular formula is C14H22N4O. The molecule has 2 rings (SSSR count). The summed E-state index contributed by atoms with van der Waals surface area (Å²) < 4.78 is 5.48. The summed E-state index contributed by atoms with van der Waals surface area (Å²) in [4.78, 5) is 8.45. The van der Waals surface area contributed by atoms with Crippen LogP contribution in [0.1, 0.15) is 18.5 Å². The normalized spacial score (nSPS) is 15.5. The van der Waals surface area contributed by atoms with Gasteiger partial charge in [0.2, 0.25) is 0 Å². The van der Waals surface area contributed by atoms with Crippen LogP contribution in [0.2, 0.25) is 0 Å². The first-order chi connectivity index (χ1) is 9.34. The lowest BCUT2D eigenvalue weighted by atomic mass is 10.3. The molecule has 19 heavy (non-hydrogen) atoms. The highest BCUT2D eigenvalue weighted by atomic mass is 16.5. The van der Waals surface area contributed by atoms with Gasteiger partial charge in [-0.2, -0.15) is 0 Å². The number of hydrogen-bond acceptors (Lipinski definition) is 3. The van der Waals surface area contributed by atoms with E-state index in [-0.39, 0.29) is 0 Å². The van der Waals surface area contributed by atoms with Gasteiger partial charge in [0.25, 0.3) is 0 Å². The Morgan fingerprint density at radius 2 is 2.37 bits per heavy atom. The van der Waals surface area contributed by atoms with Crippen molar-refractivity contribution in [2.24, 2.45) is 16.6 Å². The average molecular weight is 262 g/mol. The molecule has 0 bridgehead atoms. The molecule has 1 aromatic heterocycles. The maximum Gasteiger partial charge on any atom is 0.188 e. The van der Waals surface area contributed by atoms with Gasteiger partial charge in [0.1, 0.15) is 0 Å². The minimum Gasteiger partial charge on any atom is -0.379 e. The average Bonchev–Trinajstić information content (AvgIpc) is 3.24. The lowest BCUT2D eigenvalue weighted by Crippen LogP contribution is -2.33. The molecule has 1 aliphatic carbocycles. The molecule has 0 spiro atoms. The fourth-order valence-corrected chi connectivity index (χ4v) is 1.69. The van der Waals surface area contributed by atoms with Gasteiger partial charge in [0, 0.05) is 31.5 Å². The molecule has 0 radical (unpaired) electrons. The second-order valence-corrected chi connectivity index (χ2v) is 4.78. The van der Waals surface area contributed by atoms with Crippen molar-refractivity contribution in [1.82, 2.24) is 10.3 Å². The fraction of sp³-hybridized carbons (Fsp3) is 0.571. The van der Waals surface area contributed by atoms with Gasteiger partial charge in [-0.3, -0.25) is 9.98 Å². The summed E-state index contributed by atoms with van der Waals surface area (Å²) in [6.45, 7) is 2.89. The summed E-state index contributed by atoms with van der Waals surface area (Å²) in [5.41, 5.74) is 6.81. The lowest BCUT2D eigenvalue weighted by Gasteiger charge is -2.05. The van der Waals surface area contributed by atoms with Crippen molar-refractivity contribution < 1.29 is 4.74 Å². The maximum atomic E-state index is 5.76. The predicted molar refractivity (Wildman–Crippen MR) is 76.0 cm³/mol. The lowest BCUT2D eigenvalue weighted by molar-refractivity contribution is 0.132. The topological polar surface area (TPSA) is 72.5 Å². The third-order valence-corrected chi connectivity index (χ3v) is 2.98. The summed E-state index contributed by atoms with van der Waals surface area (Å²) in [5.74, 6) is 1.28. The molecule has 0 unspecified atom stereocenters. The largest absolute Gasteiger partial charge is 0.379 e. The number of guanidine groups is 1. The molecule has 5 heteroatoms. The zero-order valence-electron chi connectivity index (χ0n) is 11.2. The molecular weight excluding hydrogens is 240 g/mol. The van der Waals surface area contributed by atoms with Gasteiger partial charge < -0.3 is 15.8 Å². The van der Waals surface area contributed by atoms with Crippen molar-refractivity contribution in [3.63, 3.8) is 0 Å². The number of nitrogens with one attached hydrogen (secondary N) is 1. The Bertz CT molecular complexity index is 390. The number of nitrogens with two attached hydrogens (primary N) is 1. The highest BCUT2D eigenvalue weighted by Crippen LogP contribution is 2.28. The van der Waals surface area contributed by atoms with Crippen LogP contribution in [0.5, 0.6) is 0 Å². The Hall–Kier alpha value is -1.62. The highest BCUT2D eigenvalue weighted by molar-refractivity contribution is 5.77. The van der Waals surface area contributed by atoms with E-state index in [1.54, 1.807) is 6.20 Å². The minimum atomic E-state index is 0.478. The summed E-state index contributed by atoms with van der Waals surface area (Å²) in [7, 11) is 0. The highest BCUT2D eigenvalue weighted by Gasteiger charge is 2.20. The molecule has 1 heterocycles. The number of aromatic nitrogens is 1. The van der Waals surface area contributed by atoms with E-state index in [0.29, 0.717) is 19.1 Å². The second-order valence-electron chi connectivity index (χ2n) is 4.78. The van der Waals surface area contributed by atoms with Gasteiger partial charge in [0.05, 0.1) is 13.2 Å². The van der Waals surface area contributed by atoms with E-state index in [4.69, 9.17) is 10.5 Å². The number of nitrogens with zero attached hydrogens (tertiary/aromatic N) is 2. The van der Waals surface area contributed by atoms with Crippen LogP contribution in [-0.4, -0.2) is 37.2 Å². The molecule has 1 aromatic rings. The molecule has 0 aromatic carbocycles. The van der Waals surface area contributed by atoms with Crippen LogP contribution in [0.3, 0.4) is 0 Å². The van der Waals surface area contributed by atoms with Crippen LogP contribution in [0.25, 0.3) is 0 Å². The van der Waals surface area contributed by atoms with Crippen LogP contribution >= 0.6 is 0 Å². The van der Waals surface area contributed by atoms with Crippen LogP contribution in [0.4, 0.5) is 0 Å². The minimum absolute atomic E-state index is 0.478. The van der Waals surface area contributed by atoms with Gasteiger partial charge in [-0.25, -0.2) is 0 Å². The first-order valence-electron chi connectivity index (χ1n) is 6.86. The van der Waals surface area contributed by atoms with Crippen molar-refractivity contribution >= 4 is 5.96 Å². The van der Waals surface area contributed by atoms with E-state index in [1.165, 1.54) is 12.8 Å². The Balaban J connectivity index is 1.51. The van der Waals surface area contributed by atoms with E-state index < -0.39 is 0 Å². The number of aliphatic imine (C=N–C) groups is 1. The van der Waals surface area contributed by atoms with Gasteiger partial charge in [0.15, 0.2) is 5.96 Å². The molecule has 1 saturated carbocycles. The molecule has 1 aliphatic rings. The van der Waals surface area contributed by atoms with Crippen molar-refractivity contribution in [2.75, 3.05) is 26.3 Å². The smallest absolute Gasteiger partial charge is 0.188 e. The zero-order chi connectivity index (χ0) is 13.3. The second kappa shape index (κ2) is 7.74. The molecule has 104 valence electrons. The molecule has 0 saturated heterocycles. The number of hydrogen-bond donors (Lipinski definition) is 2. The molecule has 3 N–H and O–H groups in total. The van der Waals surface area contributed by atoms with E-state index in [2.05, 4.69) is 15.3 Å². The summed E-state index contributed by atoms with van der Waals surface area (Å²) in [6.07, 6.45) is 5.28. The van der Waals surface area contributed by atoms with Crippen molar-refractivity contribution in [3.8, 4) is 0 Å². The van der Waals surface area contributed by atoms with Gasteiger partial charge in [-0.05, 0) is 30.9 Å². The first-order valence-corrected chi connectivity index (χ1v) is 6.86. The Kier molecular flexibility index (Phi) is 5.62. The third kappa shape index (κ3) is 6.20. The van der Waals surface area contributed by atoms with Crippen LogP contribution in [-0.2, 0) is 11.2 Å². The van der Waals surface area contributed by atoms with Crippen LogP contribution < -0.4 is 11.1 Å². The van der Waals surface area contributed by atoms with E-state index in [1.807, 2.05) is 18.2 Å². The summed E-state index contributed by atoms with van der Waals surface area (Å²) >= 11 is 0. The van der Waals surface area contributed by atoms with E-state index in [0.717, 1.165) is 31.2 Å². The molecule has 1 fully saturated rings. The SMILES string of the molecule is NC(=NCCOCC1CC1)NCCc1ccccn1. The number of rotatable bonds is 8. The number of pyridine rings is 1. The van der Waals surface area contributed by atoms with Crippen molar-refractivity contribution in [3.05, 3.63) is 30.1 Å². The van der Waals surface area contributed by atoms with Gasteiger partial charge >= 0.3 is 0 Å². The maximum absolute atomic E-state index is 5.76. The Morgan fingerprint density at radius 1 is 1.47 bits per heavy atom. The fourth-order valence-electron chi connectivity index (χ4n) is 1.69. The third-order valence-electron chi connectivity index (χ3n) is 2.98. The van der Waals surface area contributed by atoms with Crippen LogP contribution in [0, 0.1) is 5.92 Å². The molecule has 0 amide bonds. The Labute approximate surface area is 114 Å². The van der Waals surface area contributed by atoms with Crippen molar-refractivity contribution in [1.29, 1.82) is 0 Å². The molecule has 0 atom stereocenters. The van der Waals surface area contributed by atoms with Crippen molar-refractivity contribution in [2.45, 2.75) is 19.3 Å². The number of ether oxygens (including phenoxy) is 1. The van der Waals surface area contributed by atoms with E-state index >= 15 is 0 Å². The molecule has 0 aliphatic heterocycles. The van der Waals surface area contributed by atoms with E-state index in [9.17, 15) is 0 Å². The Morgan fingerprint density at radius 3 is 3.11 bits per heavy atom. The quantitative estimate of drug-likeness (QED) is 0.416. The van der Waals surface area contributed by atoms with Gasteiger partial charge in [-0.15, -0.1) is 0 Å². The van der Waals surface area contributed by atoms with Crippen LogP contribution in [0.15, 0.2) is 29.4 Å². The standard InChI is InChI=1S/C14H22N4O/c15-14(18-9-10-19-11-12-4-5-12)17-8-6-13-3-1-2-7-16-13/h1-3,7,12H,4-6,8-11H2,(H3,15,17,18). The first kappa shape index (κ1) is 13.8.